The molecule has 2 aromatic carbocycles. The van der Waals surface area contributed by atoms with E-state index in [0.29, 0.717) is 5.69 Å². The highest BCUT2D eigenvalue weighted by Crippen LogP contribution is 2.38. The molecule has 35 heavy (non-hydrogen) atoms. The zero-order chi connectivity index (χ0) is 24.8. The van der Waals surface area contributed by atoms with E-state index in [1.807, 2.05) is 41.1 Å². The number of aliphatic hydroxyl groups is 1. The number of aromatic nitrogens is 1. The Labute approximate surface area is 203 Å². The van der Waals surface area contributed by atoms with E-state index in [9.17, 15) is 18.3 Å². The number of fused-ring (bicyclic) bond motifs is 2. The maximum atomic E-state index is 12.9. The lowest BCUT2D eigenvalue weighted by atomic mass is 9.96. The molecule has 0 aliphatic heterocycles. The Morgan fingerprint density at radius 2 is 1.94 bits per heavy atom. The fraction of sp³-hybridized carbons (Fsp3) is 0.231. The molecule has 0 radical (unpaired) electrons. The average Bonchev–Trinajstić information content (AvgIpc) is 3.49. The van der Waals surface area contributed by atoms with Crippen LogP contribution in [0, 0.1) is 0 Å². The van der Waals surface area contributed by atoms with Gasteiger partial charge in [0.1, 0.15) is 0 Å². The zero-order valence-electron chi connectivity index (χ0n) is 19.3. The van der Waals surface area contributed by atoms with Crippen molar-refractivity contribution in [3.05, 3.63) is 77.7 Å². The van der Waals surface area contributed by atoms with E-state index in [-0.39, 0.29) is 5.56 Å². The number of pyridine rings is 1. The summed E-state index contributed by atoms with van der Waals surface area (Å²) in [4.78, 5) is 17.3. The zero-order valence-corrected chi connectivity index (χ0v) is 20.1. The van der Waals surface area contributed by atoms with E-state index < -0.39 is 26.7 Å². The number of furan rings is 1. The van der Waals surface area contributed by atoms with Crippen LogP contribution in [-0.2, 0) is 28.5 Å². The van der Waals surface area contributed by atoms with Crippen molar-refractivity contribution < 1.29 is 22.7 Å². The van der Waals surface area contributed by atoms with Crippen LogP contribution in [0.15, 0.2) is 70.5 Å². The first-order valence-electron chi connectivity index (χ1n) is 11.3. The van der Waals surface area contributed by atoms with Gasteiger partial charge in [0, 0.05) is 28.8 Å². The second kappa shape index (κ2) is 8.51. The summed E-state index contributed by atoms with van der Waals surface area (Å²) in [5.41, 5.74) is 4.28. The van der Waals surface area contributed by atoms with Crippen LogP contribution in [0.2, 0.25) is 0 Å². The molecule has 1 aliphatic carbocycles. The topological polar surface area (TPSA) is 122 Å². The summed E-state index contributed by atoms with van der Waals surface area (Å²) in [6, 6.07) is 14.0. The molecule has 180 valence electrons. The first kappa shape index (κ1) is 23.1. The molecule has 0 saturated carbocycles. The molecule has 0 saturated heterocycles. The van der Waals surface area contributed by atoms with Crippen molar-refractivity contribution in [1.29, 1.82) is 0 Å². The number of hydrogen-bond donors (Lipinski definition) is 3. The lowest BCUT2D eigenvalue weighted by Crippen LogP contribution is -2.34. The molecule has 3 N–H and O–H groups in total. The van der Waals surface area contributed by atoms with Gasteiger partial charge in [0.05, 0.1) is 23.1 Å². The van der Waals surface area contributed by atoms with E-state index in [1.165, 1.54) is 19.9 Å². The lowest BCUT2D eigenvalue weighted by Gasteiger charge is -2.17. The molecule has 8 nitrogen and oxygen atoms in total. The van der Waals surface area contributed by atoms with Gasteiger partial charge < -0.3 is 14.8 Å². The largest absolute Gasteiger partial charge is 0.451 e. The van der Waals surface area contributed by atoms with E-state index in [2.05, 4.69) is 16.4 Å². The van der Waals surface area contributed by atoms with Crippen molar-refractivity contribution >= 4 is 32.6 Å². The van der Waals surface area contributed by atoms with Crippen molar-refractivity contribution in [1.82, 2.24) is 9.71 Å². The van der Waals surface area contributed by atoms with Gasteiger partial charge in [0.25, 0.3) is 10.0 Å². The monoisotopic (exact) mass is 491 g/mol. The number of amides is 2. The highest BCUT2D eigenvalue weighted by atomic mass is 32.2. The number of rotatable bonds is 5. The van der Waals surface area contributed by atoms with Gasteiger partial charge >= 0.3 is 6.03 Å². The molecule has 2 amide bonds. The summed E-state index contributed by atoms with van der Waals surface area (Å²) in [7, 11) is -4.29. The molecule has 0 atom stereocenters. The molecular formula is C26H25N3O5S. The number of nitrogens with zero attached hydrogens (tertiary/aromatic N) is 1. The normalized spacial score (nSPS) is 13.6. The van der Waals surface area contributed by atoms with E-state index in [1.54, 1.807) is 6.20 Å². The van der Waals surface area contributed by atoms with Crippen LogP contribution in [0.25, 0.3) is 22.0 Å². The van der Waals surface area contributed by atoms with Crippen molar-refractivity contribution in [3.63, 3.8) is 0 Å². The predicted octanol–water partition coefficient (Wildman–Crippen LogP) is 4.72. The quantitative estimate of drug-likeness (QED) is 0.371. The number of aryl methyl sites for hydroxylation is 1. The fourth-order valence-corrected chi connectivity index (χ4v) is 5.24. The SMILES string of the molecule is CC(C)(O)c1coc(S(=O)(=O)NC(=O)Nc2c(-c3ccc4ncccc4c3)ccc3c2CCC3)c1. The third-order valence-corrected chi connectivity index (χ3v) is 7.41. The van der Waals surface area contributed by atoms with Crippen molar-refractivity contribution in [2.45, 2.75) is 43.8 Å². The van der Waals surface area contributed by atoms with Gasteiger partial charge in [-0.1, -0.05) is 24.3 Å². The molecular weight excluding hydrogens is 466 g/mol. The molecule has 0 spiro atoms. The Balaban J connectivity index is 1.47. The second-order valence-corrected chi connectivity index (χ2v) is 10.8. The van der Waals surface area contributed by atoms with Crippen molar-refractivity contribution in [2.75, 3.05) is 5.32 Å². The lowest BCUT2D eigenvalue weighted by molar-refractivity contribution is 0.0779. The molecule has 5 rings (SSSR count). The second-order valence-electron chi connectivity index (χ2n) is 9.16. The Morgan fingerprint density at radius 3 is 2.71 bits per heavy atom. The smallest absolute Gasteiger partial charge is 0.333 e. The highest BCUT2D eigenvalue weighted by molar-refractivity contribution is 7.89. The predicted molar refractivity (Wildman–Crippen MR) is 132 cm³/mol. The Morgan fingerprint density at radius 1 is 1.11 bits per heavy atom. The average molecular weight is 492 g/mol. The molecule has 4 aromatic rings. The first-order chi connectivity index (χ1) is 16.6. The van der Waals surface area contributed by atoms with Gasteiger partial charge in [0.2, 0.25) is 5.09 Å². The van der Waals surface area contributed by atoms with Gasteiger partial charge in [-0.2, -0.15) is 8.42 Å². The van der Waals surface area contributed by atoms with Crippen molar-refractivity contribution in [3.8, 4) is 11.1 Å². The number of anilines is 1. The third-order valence-electron chi connectivity index (χ3n) is 6.21. The summed E-state index contributed by atoms with van der Waals surface area (Å²) in [5, 5.41) is 13.4. The Bertz CT molecular complexity index is 1550. The number of benzene rings is 2. The van der Waals surface area contributed by atoms with Crippen LogP contribution in [0.1, 0.15) is 37.0 Å². The minimum atomic E-state index is -4.29. The van der Waals surface area contributed by atoms with Crippen LogP contribution >= 0.6 is 0 Å². The van der Waals surface area contributed by atoms with Crippen LogP contribution < -0.4 is 10.0 Å². The molecule has 2 heterocycles. The number of urea groups is 1. The molecule has 1 aliphatic rings. The maximum absolute atomic E-state index is 12.9. The molecule has 2 aromatic heterocycles. The van der Waals surface area contributed by atoms with Gasteiger partial charge in [-0.3, -0.25) is 4.98 Å². The van der Waals surface area contributed by atoms with Crippen LogP contribution in [0.5, 0.6) is 0 Å². The van der Waals surface area contributed by atoms with Gasteiger partial charge in [0.15, 0.2) is 0 Å². The summed E-state index contributed by atoms with van der Waals surface area (Å²) >= 11 is 0. The standard InChI is InChI=1S/C26H25N3O5S/c1-26(2,31)19-14-23(34-15-19)35(32,33)29-25(30)28-24-20-7-3-5-16(20)8-10-21(24)17-9-11-22-18(13-17)6-4-12-27-22/h4,6,8-15,31H,3,5,7H2,1-2H3,(H2,28,29,30). The summed E-state index contributed by atoms with van der Waals surface area (Å²) in [6.45, 7) is 3.02. The van der Waals surface area contributed by atoms with Crippen molar-refractivity contribution in [2.24, 2.45) is 0 Å². The number of carbonyl (C=O) groups excluding carboxylic acids is 1. The molecule has 0 bridgehead atoms. The minimum Gasteiger partial charge on any atom is -0.451 e. The number of hydrogen-bond acceptors (Lipinski definition) is 6. The van der Waals surface area contributed by atoms with E-state index in [0.717, 1.165) is 58.7 Å². The summed E-state index contributed by atoms with van der Waals surface area (Å²) in [6.07, 6.45) is 5.54. The fourth-order valence-electron chi connectivity index (χ4n) is 4.38. The molecule has 0 unspecified atom stereocenters. The van der Waals surface area contributed by atoms with Crippen LogP contribution in [0.3, 0.4) is 0 Å². The third kappa shape index (κ3) is 4.52. The maximum Gasteiger partial charge on any atom is 0.333 e. The summed E-state index contributed by atoms with van der Waals surface area (Å²) in [5.74, 6) is 0. The van der Waals surface area contributed by atoms with E-state index in [4.69, 9.17) is 4.42 Å². The Kier molecular flexibility index (Phi) is 5.61. The summed E-state index contributed by atoms with van der Waals surface area (Å²) < 4.78 is 32.6. The minimum absolute atomic E-state index is 0.284. The molecule has 0 fully saturated rings. The molecule has 9 heteroatoms. The first-order valence-corrected chi connectivity index (χ1v) is 12.8. The van der Waals surface area contributed by atoms with E-state index >= 15 is 0 Å². The van der Waals surface area contributed by atoms with Gasteiger partial charge in [-0.15, -0.1) is 0 Å². The number of nitrogens with one attached hydrogen (secondary N) is 2. The van der Waals surface area contributed by atoms with Crippen LogP contribution in [0.4, 0.5) is 10.5 Å². The number of carbonyl (C=O) groups is 1. The highest BCUT2D eigenvalue weighted by Gasteiger charge is 2.27. The van der Waals surface area contributed by atoms with Gasteiger partial charge in [-0.25, -0.2) is 9.52 Å². The Hall–Kier alpha value is -3.69. The number of sulfonamides is 1. The van der Waals surface area contributed by atoms with Crippen LogP contribution in [-0.4, -0.2) is 24.5 Å². The van der Waals surface area contributed by atoms with Gasteiger partial charge in [-0.05, 0) is 68.0 Å².